The fraction of sp³-hybridized carbons (Fsp3) is 0.481. The van der Waals surface area contributed by atoms with Crippen molar-refractivity contribution >= 4 is 11.8 Å². The number of halogens is 1. The Bertz CT molecular complexity index is 929. The maximum absolute atomic E-state index is 13.3. The molecular formula is C27H35FN2O3. The maximum atomic E-state index is 13.3. The Morgan fingerprint density at radius 3 is 2.24 bits per heavy atom. The Hall–Kier alpha value is -2.89. The van der Waals surface area contributed by atoms with E-state index >= 15 is 0 Å². The molecule has 3 rings (SSSR count). The van der Waals surface area contributed by atoms with Crippen LogP contribution in [0.2, 0.25) is 0 Å². The number of hydrogen-bond donors (Lipinski definition) is 1. The number of carbonyl (C=O) groups is 2. The molecule has 1 aliphatic rings. The van der Waals surface area contributed by atoms with Crippen molar-refractivity contribution in [2.75, 3.05) is 6.61 Å². The average molecular weight is 455 g/mol. The Morgan fingerprint density at radius 2 is 1.67 bits per heavy atom. The zero-order valence-corrected chi connectivity index (χ0v) is 20.1. The molecule has 0 saturated heterocycles. The van der Waals surface area contributed by atoms with Gasteiger partial charge in [-0.3, -0.25) is 9.59 Å². The van der Waals surface area contributed by atoms with Crippen LogP contribution in [0.1, 0.15) is 64.5 Å². The minimum Gasteiger partial charge on any atom is -0.484 e. The van der Waals surface area contributed by atoms with Crippen LogP contribution in [-0.4, -0.2) is 35.4 Å². The van der Waals surface area contributed by atoms with E-state index in [0.717, 1.165) is 31.2 Å². The predicted molar refractivity (Wildman–Crippen MR) is 127 cm³/mol. The average Bonchev–Trinajstić information content (AvgIpc) is 3.29. The summed E-state index contributed by atoms with van der Waals surface area (Å²) in [4.78, 5) is 27.5. The van der Waals surface area contributed by atoms with E-state index in [-0.39, 0.29) is 42.2 Å². The minimum atomic E-state index is -0.671. The minimum absolute atomic E-state index is 0.0302. The van der Waals surface area contributed by atoms with Gasteiger partial charge < -0.3 is 15.0 Å². The van der Waals surface area contributed by atoms with E-state index in [1.165, 1.54) is 22.6 Å². The Kier molecular flexibility index (Phi) is 8.11. The molecule has 6 heteroatoms. The highest BCUT2D eigenvalue weighted by molar-refractivity contribution is 5.88. The van der Waals surface area contributed by atoms with E-state index in [0.29, 0.717) is 5.75 Å². The summed E-state index contributed by atoms with van der Waals surface area (Å²) in [5.41, 5.74) is 1.96. The number of rotatable bonds is 8. The molecule has 0 unspecified atom stereocenters. The number of amides is 2. The Morgan fingerprint density at radius 1 is 1.06 bits per heavy atom. The molecule has 0 spiro atoms. The second-order valence-electron chi connectivity index (χ2n) is 9.88. The molecule has 33 heavy (non-hydrogen) atoms. The first-order chi connectivity index (χ1) is 15.6. The zero-order chi connectivity index (χ0) is 24.0. The summed E-state index contributed by atoms with van der Waals surface area (Å²) < 4.78 is 19.1. The summed E-state index contributed by atoms with van der Waals surface area (Å²) in [6.45, 7) is 8.15. The molecule has 5 nitrogen and oxygen atoms in total. The second kappa shape index (κ2) is 10.8. The normalized spacial score (nSPS) is 15.2. The SMILES string of the molecule is C[C@@H](C(=O)NC1CCCC1)N(Cc1ccc(F)cc1)C(=O)COc1ccc(C(C)(C)C)cc1. The topological polar surface area (TPSA) is 58.6 Å². The van der Waals surface area contributed by atoms with Gasteiger partial charge in [-0.15, -0.1) is 0 Å². The first-order valence-corrected chi connectivity index (χ1v) is 11.7. The van der Waals surface area contributed by atoms with Crippen molar-refractivity contribution in [3.63, 3.8) is 0 Å². The van der Waals surface area contributed by atoms with Crippen LogP contribution in [0.25, 0.3) is 0 Å². The standard InChI is InChI=1S/C27H35FN2O3/c1-19(26(32)29-23-7-5-6-8-23)30(17-20-9-13-22(28)14-10-20)25(31)18-33-24-15-11-21(12-16-24)27(2,3)4/h9-16,19,23H,5-8,17-18H2,1-4H3,(H,29,32)/t19-/m0/s1. The molecule has 2 amide bonds. The van der Waals surface area contributed by atoms with Crippen LogP contribution in [0.3, 0.4) is 0 Å². The maximum Gasteiger partial charge on any atom is 0.261 e. The lowest BCUT2D eigenvalue weighted by atomic mass is 9.87. The molecule has 0 radical (unpaired) electrons. The van der Waals surface area contributed by atoms with Crippen molar-refractivity contribution in [1.29, 1.82) is 0 Å². The zero-order valence-electron chi connectivity index (χ0n) is 20.1. The van der Waals surface area contributed by atoms with Gasteiger partial charge in [-0.1, -0.05) is 57.9 Å². The highest BCUT2D eigenvalue weighted by Gasteiger charge is 2.28. The van der Waals surface area contributed by atoms with Crippen LogP contribution >= 0.6 is 0 Å². The van der Waals surface area contributed by atoms with Crippen molar-refractivity contribution < 1.29 is 18.7 Å². The highest BCUT2D eigenvalue weighted by Crippen LogP contribution is 2.24. The number of carbonyl (C=O) groups excluding carboxylic acids is 2. The summed E-state index contributed by atoms with van der Waals surface area (Å²) in [5, 5.41) is 3.07. The van der Waals surface area contributed by atoms with Gasteiger partial charge in [-0.2, -0.15) is 0 Å². The fourth-order valence-corrected chi connectivity index (χ4v) is 4.04. The van der Waals surface area contributed by atoms with Crippen molar-refractivity contribution in [2.24, 2.45) is 0 Å². The molecule has 0 aromatic heterocycles. The number of hydrogen-bond acceptors (Lipinski definition) is 3. The lowest BCUT2D eigenvalue weighted by Gasteiger charge is -2.29. The number of benzene rings is 2. The summed E-state index contributed by atoms with van der Waals surface area (Å²) >= 11 is 0. The van der Waals surface area contributed by atoms with Gasteiger partial charge in [0, 0.05) is 12.6 Å². The van der Waals surface area contributed by atoms with Crippen LogP contribution in [-0.2, 0) is 21.5 Å². The lowest BCUT2D eigenvalue weighted by Crippen LogP contribution is -2.50. The highest BCUT2D eigenvalue weighted by atomic mass is 19.1. The molecule has 0 heterocycles. The molecule has 0 aliphatic heterocycles. The van der Waals surface area contributed by atoms with E-state index in [2.05, 4.69) is 26.1 Å². The number of ether oxygens (including phenoxy) is 1. The smallest absolute Gasteiger partial charge is 0.261 e. The van der Waals surface area contributed by atoms with E-state index in [1.807, 2.05) is 24.3 Å². The molecule has 2 aromatic rings. The van der Waals surface area contributed by atoms with Crippen molar-refractivity contribution in [3.05, 3.63) is 65.5 Å². The van der Waals surface area contributed by atoms with Gasteiger partial charge in [0.25, 0.3) is 5.91 Å². The first kappa shape index (κ1) is 24.7. The third kappa shape index (κ3) is 7.04. The molecule has 0 bridgehead atoms. The van der Waals surface area contributed by atoms with Gasteiger partial charge in [-0.05, 0) is 60.6 Å². The van der Waals surface area contributed by atoms with E-state index in [4.69, 9.17) is 4.74 Å². The third-order valence-corrected chi connectivity index (χ3v) is 6.22. The van der Waals surface area contributed by atoms with Crippen molar-refractivity contribution in [2.45, 2.75) is 77.4 Å². The third-order valence-electron chi connectivity index (χ3n) is 6.22. The summed E-state index contributed by atoms with van der Waals surface area (Å²) in [7, 11) is 0. The number of nitrogens with zero attached hydrogens (tertiary/aromatic N) is 1. The molecule has 178 valence electrons. The predicted octanol–water partition coefficient (Wildman–Crippen LogP) is 4.98. The lowest BCUT2D eigenvalue weighted by molar-refractivity contribution is -0.142. The molecule has 1 aliphatic carbocycles. The molecule has 1 atom stereocenters. The van der Waals surface area contributed by atoms with Crippen LogP contribution in [0.5, 0.6) is 5.75 Å². The first-order valence-electron chi connectivity index (χ1n) is 11.7. The Balaban J connectivity index is 1.69. The molecule has 1 fully saturated rings. The van der Waals surface area contributed by atoms with Crippen molar-refractivity contribution in [1.82, 2.24) is 10.2 Å². The molecule has 2 aromatic carbocycles. The summed E-state index contributed by atoms with van der Waals surface area (Å²) in [5.74, 6) is -0.216. The van der Waals surface area contributed by atoms with E-state index < -0.39 is 6.04 Å². The quantitative estimate of drug-likeness (QED) is 0.612. The van der Waals surface area contributed by atoms with Gasteiger partial charge >= 0.3 is 0 Å². The monoisotopic (exact) mass is 454 g/mol. The van der Waals surface area contributed by atoms with Gasteiger partial charge in [0.05, 0.1) is 0 Å². The molecular weight excluding hydrogens is 419 g/mol. The van der Waals surface area contributed by atoms with Gasteiger partial charge in [0.1, 0.15) is 17.6 Å². The van der Waals surface area contributed by atoms with Gasteiger partial charge in [0.2, 0.25) is 5.91 Å². The second-order valence-corrected chi connectivity index (χ2v) is 9.88. The van der Waals surface area contributed by atoms with E-state index in [9.17, 15) is 14.0 Å². The van der Waals surface area contributed by atoms with Crippen LogP contribution in [0, 0.1) is 5.82 Å². The fourth-order valence-electron chi connectivity index (χ4n) is 4.04. The molecule has 1 saturated carbocycles. The van der Waals surface area contributed by atoms with E-state index in [1.54, 1.807) is 19.1 Å². The van der Waals surface area contributed by atoms with Gasteiger partial charge in [0.15, 0.2) is 6.61 Å². The summed E-state index contributed by atoms with van der Waals surface area (Å²) in [6, 6.07) is 13.2. The Labute approximate surface area is 196 Å². The molecule has 1 N–H and O–H groups in total. The van der Waals surface area contributed by atoms with Crippen LogP contribution in [0.4, 0.5) is 4.39 Å². The van der Waals surface area contributed by atoms with Gasteiger partial charge in [-0.25, -0.2) is 4.39 Å². The summed E-state index contributed by atoms with van der Waals surface area (Å²) in [6.07, 6.45) is 4.16. The van der Waals surface area contributed by atoms with Crippen LogP contribution < -0.4 is 10.1 Å². The largest absolute Gasteiger partial charge is 0.484 e. The van der Waals surface area contributed by atoms with Crippen molar-refractivity contribution in [3.8, 4) is 5.75 Å². The number of nitrogens with one attached hydrogen (secondary N) is 1. The van der Waals surface area contributed by atoms with Crippen LogP contribution in [0.15, 0.2) is 48.5 Å².